The van der Waals surface area contributed by atoms with Crippen LogP contribution in [-0.4, -0.2) is 36.8 Å². The van der Waals surface area contributed by atoms with Crippen molar-refractivity contribution in [3.05, 3.63) is 77.9 Å². The second-order valence-corrected chi connectivity index (χ2v) is 6.48. The molecule has 0 aliphatic rings. The molecule has 0 fully saturated rings. The summed E-state index contributed by atoms with van der Waals surface area (Å²) in [6.07, 6.45) is 2.79. The minimum absolute atomic E-state index is 0.263. The zero-order valence-electron chi connectivity index (χ0n) is 17.0. The van der Waals surface area contributed by atoms with Gasteiger partial charge in [0.05, 0.1) is 14.2 Å². The molecule has 1 amide bonds. The third kappa shape index (κ3) is 4.41. The fraction of sp³-hybridized carbons (Fsp3) is 0.273. The highest BCUT2D eigenvalue weighted by Gasteiger charge is 2.27. The highest BCUT2D eigenvalue weighted by molar-refractivity contribution is 5.83. The average molecular weight is 395 g/mol. The lowest BCUT2D eigenvalue weighted by molar-refractivity contribution is -0.132. The number of imidazole rings is 1. The van der Waals surface area contributed by atoms with E-state index in [0.29, 0.717) is 17.3 Å². The van der Waals surface area contributed by atoms with Crippen LogP contribution in [0.15, 0.2) is 60.9 Å². The van der Waals surface area contributed by atoms with Crippen LogP contribution < -0.4 is 14.8 Å². The van der Waals surface area contributed by atoms with Gasteiger partial charge in [-0.15, -0.1) is 0 Å². The van der Waals surface area contributed by atoms with Gasteiger partial charge >= 0.3 is 0 Å². The molecule has 29 heavy (non-hydrogen) atoms. The van der Waals surface area contributed by atoms with Gasteiger partial charge in [0.25, 0.3) is 5.91 Å². The molecule has 0 aliphatic carbocycles. The normalized spacial score (nSPS) is 12.8. The first-order valence-corrected chi connectivity index (χ1v) is 9.16. The summed E-state index contributed by atoms with van der Waals surface area (Å²) in [6.45, 7) is 0. The Morgan fingerprint density at radius 1 is 1.00 bits per heavy atom. The van der Waals surface area contributed by atoms with Gasteiger partial charge in [0.2, 0.25) is 0 Å². The van der Waals surface area contributed by atoms with Gasteiger partial charge in [-0.25, -0.2) is 4.98 Å². The van der Waals surface area contributed by atoms with E-state index in [1.807, 2.05) is 60.3 Å². The number of nitrogens with zero attached hydrogens (tertiary/aromatic N) is 2. The lowest BCUT2D eigenvalue weighted by Gasteiger charge is -2.23. The number of carbonyl (C=O) groups excluding carboxylic acids is 1. The van der Waals surface area contributed by atoms with Crippen LogP contribution in [-0.2, 0) is 16.6 Å². The van der Waals surface area contributed by atoms with E-state index >= 15 is 0 Å². The first-order valence-electron chi connectivity index (χ1n) is 9.16. The first kappa shape index (κ1) is 20.4. The maximum Gasteiger partial charge on any atom is 0.254 e. The molecule has 0 bridgehead atoms. The number of aromatic nitrogens is 2. The SMILES string of the molecule is COc1ccc([C@H](NC(=O)[C@H](OC)c2ccccc2)c2nccn2C)cc1OC. The molecule has 1 N–H and O–H groups in total. The molecule has 0 spiro atoms. The number of methoxy groups -OCH3 is 3. The number of carbonyl (C=O) groups is 1. The third-order valence-corrected chi connectivity index (χ3v) is 4.72. The number of hydrogen-bond acceptors (Lipinski definition) is 5. The number of benzene rings is 2. The predicted octanol–water partition coefficient (Wildman–Crippen LogP) is 3.03. The van der Waals surface area contributed by atoms with Crippen LogP contribution in [0, 0.1) is 0 Å². The standard InChI is InChI=1S/C22H25N3O4/c1-25-13-12-23-21(25)19(16-10-11-17(27-2)18(14-16)28-3)24-22(26)20(29-4)15-8-6-5-7-9-15/h5-14,19-20H,1-4H3,(H,24,26)/t19-,20+/m0/s1. The van der Waals surface area contributed by atoms with Crippen LogP contribution in [0.4, 0.5) is 0 Å². The summed E-state index contributed by atoms with van der Waals surface area (Å²) in [7, 11) is 6.56. The summed E-state index contributed by atoms with van der Waals surface area (Å²) in [6, 6.07) is 14.4. The molecule has 1 heterocycles. The second-order valence-electron chi connectivity index (χ2n) is 6.48. The maximum absolute atomic E-state index is 13.1. The van der Waals surface area contributed by atoms with Crippen molar-refractivity contribution < 1.29 is 19.0 Å². The van der Waals surface area contributed by atoms with Crippen LogP contribution in [0.5, 0.6) is 11.5 Å². The summed E-state index contributed by atoms with van der Waals surface area (Å²) in [5, 5.41) is 3.07. The second kappa shape index (κ2) is 9.25. The van der Waals surface area contributed by atoms with Gasteiger partial charge in [-0.3, -0.25) is 4.79 Å². The molecular formula is C22H25N3O4. The molecule has 3 rings (SSSR count). The molecule has 1 aromatic heterocycles. The molecule has 7 nitrogen and oxygen atoms in total. The van der Waals surface area contributed by atoms with E-state index in [1.165, 1.54) is 7.11 Å². The van der Waals surface area contributed by atoms with Gasteiger partial charge in [0.15, 0.2) is 17.6 Å². The van der Waals surface area contributed by atoms with E-state index in [-0.39, 0.29) is 5.91 Å². The van der Waals surface area contributed by atoms with E-state index in [0.717, 1.165) is 11.1 Å². The molecule has 0 unspecified atom stereocenters. The smallest absolute Gasteiger partial charge is 0.254 e. The fourth-order valence-corrected chi connectivity index (χ4v) is 3.22. The summed E-state index contributed by atoms with van der Waals surface area (Å²) < 4.78 is 18.1. The van der Waals surface area contributed by atoms with Gasteiger partial charge in [0, 0.05) is 26.6 Å². The molecule has 3 aromatic rings. The molecule has 2 aromatic carbocycles. The molecule has 152 valence electrons. The zero-order chi connectivity index (χ0) is 20.8. The van der Waals surface area contributed by atoms with Crippen molar-refractivity contribution in [2.75, 3.05) is 21.3 Å². The van der Waals surface area contributed by atoms with Crippen molar-refractivity contribution >= 4 is 5.91 Å². The minimum Gasteiger partial charge on any atom is -0.493 e. The van der Waals surface area contributed by atoms with Gasteiger partial charge in [-0.2, -0.15) is 0 Å². The summed E-state index contributed by atoms with van der Waals surface area (Å²) in [4.78, 5) is 17.6. The monoisotopic (exact) mass is 395 g/mol. The Morgan fingerprint density at radius 3 is 2.31 bits per heavy atom. The van der Waals surface area contributed by atoms with Gasteiger partial charge in [-0.05, 0) is 23.3 Å². The molecule has 0 saturated carbocycles. The van der Waals surface area contributed by atoms with Crippen LogP contribution in [0.2, 0.25) is 0 Å². The number of rotatable bonds is 8. The summed E-state index contributed by atoms with van der Waals surface area (Å²) in [5.74, 6) is 1.61. The summed E-state index contributed by atoms with van der Waals surface area (Å²) >= 11 is 0. The number of nitrogens with one attached hydrogen (secondary N) is 1. The Kier molecular flexibility index (Phi) is 6.51. The Hall–Kier alpha value is -3.32. The lowest BCUT2D eigenvalue weighted by atomic mass is 10.0. The molecule has 0 saturated heterocycles. The third-order valence-electron chi connectivity index (χ3n) is 4.72. The number of ether oxygens (including phenoxy) is 3. The molecule has 2 atom stereocenters. The largest absolute Gasteiger partial charge is 0.493 e. The predicted molar refractivity (Wildman–Crippen MR) is 109 cm³/mol. The number of hydrogen-bond donors (Lipinski definition) is 1. The Bertz CT molecular complexity index is 956. The quantitative estimate of drug-likeness (QED) is 0.635. The molecule has 0 aliphatic heterocycles. The van der Waals surface area contributed by atoms with Crippen molar-refractivity contribution in [2.24, 2.45) is 7.05 Å². The Balaban J connectivity index is 1.97. The van der Waals surface area contributed by atoms with Crippen molar-refractivity contribution in [3.63, 3.8) is 0 Å². The summed E-state index contributed by atoms with van der Waals surface area (Å²) in [5.41, 5.74) is 1.59. The first-order chi connectivity index (χ1) is 14.1. The van der Waals surface area contributed by atoms with Gasteiger partial charge in [0.1, 0.15) is 11.9 Å². The zero-order valence-corrected chi connectivity index (χ0v) is 17.0. The van der Waals surface area contributed by atoms with Crippen molar-refractivity contribution in [1.82, 2.24) is 14.9 Å². The number of aryl methyl sites for hydroxylation is 1. The highest BCUT2D eigenvalue weighted by Crippen LogP contribution is 2.32. The van der Waals surface area contributed by atoms with Crippen LogP contribution >= 0.6 is 0 Å². The van der Waals surface area contributed by atoms with Crippen molar-refractivity contribution in [1.29, 1.82) is 0 Å². The fourth-order valence-electron chi connectivity index (χ4n) is 3.22. The van der Waals surface area contributed by atoms with E-state index in [9.17, 15) is 4.79 Å². The molecule has 0 radical (unpaired) electrons. The highest BCUT2D eigenvalue weighted by atomic mass is 16.5. The van der Waals surface area contributed by atoms with Crippen LogP contribution in [0.1, 0.15) is 29.1 Å². The Labute approximate surface area is 170 Å². The van der Waals surface area contributed by atoms with Gasteiger partial charge in [-0.1, -0.05) is 36.4 Å². The van der Waals surface area contributed by atoms with E-state index < -0.39 is 12.1 Å². The van der Waals surface area contributed by atoms with E-state index in [4.69, 9.17) is 14.2 Å². The van der Waals surface area contributed by atoms with E-state index in [1.54, 1.807) is 26.5 Å². The minimum atomic E-state index is -0.737. The van der Waals surface area contributed by atoms with E-state index in [2.05, 4.69) is 10.3 Å². The van der Waals surface area contributed by atoms with Crippen molar-refractivity contribution in [2.45, 2.75) is 12.1 Å². The number of amides is 1. The van der Waals surface area contributed by atoms with Crippen LogP contribution in [0.25, 0.3) is 0 Å². The average Bonchev–Trinajstić information content (AvgIpc) is 3.18. The Morgan fingerprint density at radius 2 is 1.72 bits per heavy atom. The van der Waals surface area contributed by atoms with Crippen LogP contribution in [0.3, 0.4) is 0 Å². The van der Waals surface area contributed by atoms with Gasteiger partial charge < -0.3 is 24.1 Å². The lowest BCUT2D eigenvalue weighted by Crippen LogP contribution is -2.35. The maximum atomic E-state index is 13.1. The van der Waals surface area contributed by atoms with Crippen molar-refractivity contribution in [3.8, 4) is 11.5 Å². The topological polar surface area (TPSA) is 74.6 Å². The molecular weight excluding hydrogens is 370 g/mol. The molecule has 7 heteroatoms.